The van der Waals surface area contributed by atoms with E-state index in [2.05, 4.69) is 93.7 Å². The van der Waals surface area contributed by atoms with Gasteiger partial charge in [-0.3, -0.25) is 14.4 Å². The lowest BCUT2D eigenvalue weighted by Gasteiger charge is -2.18. The Morgan fingerprint density at radius 1 is 0.292 bits per heavy atom. The lowest BCUT2D eigenvalue weighted by molar-refractivity contribution is -0.167. The zero-order chi connectivity index (χ0) is 52.2. The number of ether oxygens (including phenoxy) is 3. The smallest absolute Gasteiger partial charge is 0.306 e. The topological polar surface area (TPSA) is 78.9 Å². The molecule has 416 valence electrons. The van der Waals surface area contributed by atoms with Crippen LogP contribution in [0.3, 0.4) is 0 Å². The van der Waals surface area contributed by atoms with Gasteiger partial charge < -0.3 is 14.2 Å². The van der Waals surface area contributed by atoms with Crippen molar-refractivity contribution in [3.05, 3.63) is 72.9 Å². The summed E-state index contributed by atoms with van der Waals surface area (Å²) in [7, 11) is 0. The molecule has 0 rings (SSSR count). The van der Waals surface area contributed by atoms with Crippen LogP contribution in [0.5, 0.6) is 0 Å². The maximum absolute atomic E-state index is 12.9. The molecule has 1 unspecified atom stereocenters. The minimum Gasteiger partial charge on any atom is -0.462 e. The molecule has 0 spiro atoms. The first-order valence-electron chi connectivity index (χ1n) is 30.9. The van der Waals surface area contributed by atoms with Crippen molar-refractivity contribution in [2.45, 2.75) is 316 Å². The van der Waals surface area contributed by atoms with Gasteiger partial charge in [0.1, 0.15) is 13.2 Å². The second-order valence-electron chi connectivity index (χ2n) is 20.6. The monoisotopic (exact) mass is 1000 g/mol. The number of rotatable bonds is 56. The molecular weight excluding hydrogens is 889 g/mol. The first-order valence-corrected chi connectivity index (χ1v) is 30.9. The first-order chi connectivity index (χ1) is 35.5. The van der Waals surface area contributed by atoms with Crippen molar-refractivity contribution in [3.63, 3.8) is 0 Å². The van der Waals surface area contributed by atoms with E-state index in [1.165, 1.54) is 154 Å². The van der Waals surface area contributed by atoms with E-state index in [0.29, 0.717) is 19.3 Å². The van der Waals surface area contributed by atoms with Crippen LogP contribution >= 0.6 is 0 Å². The molecule has 6 heteroatoms. The highest BCUT2D eigenvalue weighted by atomic mass is 16.6. The third kappa shape index (κ3) is 57.7. The minimum atomic E-state index is -0.785. The molecule has 6 nitrogen and oxygen atoms in total. The van der Waals surface area contributed by atoms with Crippen molar-refractivity contribution < 1.29 is 28.6 Å². The van der Waals surface area contributed by atoms with Crippen molar-refractivity contribution in [1.82, 2.24) is 0 Å². The van der Waals surface area contributed by atoms with E-state index in [1.807, 2.05) is 0 Å². The molecule has 0 N–H and O–H groups in total. The lowest BCUT2D eigenvalue weighted by Crippen LogP contribution is -2.30. The first kappa shape index (κ1) is 68.8. The van der Waals surface area contributed by atoms with Gasteiger partial charge in [0.15, 0.2) is 6.10 Å². The number of carbonyl (C=O) groups excluding carboxylic acids is 3. The van der Waals surface area contributed by atoms with Crippen LogP contribution < -0.4 is 0 Å². The second-order valence-corrected chi connectivity index (χ2v) is 20.6. The zero-order valence-electron chi connectivity index (χ0n) is 47.7. The van der Waals surface area contributed by atoms with Gasteiger partial charge in [-0.2, -0.15) is 0 Å². The summed E-state index contributed by atoms with van der Waals surface area (Å²) in [6, 6.07) is 0. The molecule has 0 aliphatic heterocycles. The van der Waals surface area contributed by atoms with Crippen LogP contribution in [0.1, 0.15) is 310 Å². The van der Waals surface area contributed by atoms with Gasteiger partial charge in [-0.15, -0.1) is 0 Å². The summed E-state index contributed by atoms with van der Waals surface area (Å²) in [6.07, 6.45) is 77.5. The number of esters is 3. The molecular formula is C66H116O6. The van der Waals surface area contributed by atoms with E-state index >= 15 is 0 Å². The Balaban J connectivity index is 4.36. The molecule has 72 heavy (non-hydrogen) atoms. The van der Waals surface area contributed by atoms with Gasteiger partial charge in [0, 0.05) is 19.3 Å². The standard InChI is InChI=1S/C66H116O6/c1-4-7-10-13-16-19-22-25-28-30-31-32-33-34-35-36-39-41-44-47-50-53-56-59-65(68)71-62-63(61-70-64(67)58-55-52-49-46-43-40-37-27-24-21-18-15-12-9-6-3)72-66(69)60-57-54-51-48-45-42-38-29-26-23-20-17-14-11-8-5-2/h9,12,18,21-22,25,27,30-31,33-34,37,63H,4-8,10-11,13-17,19-20,23-24,26,28-29,32,35-36,38-62H2,1-3H3/b12-9-,21-18-,25-22-,31-30-,34-33-,37-27-. The van der Waals surface area contributed by atoms with E-state index < -0.39 is 6.10 Å². The number of hydrogen-bond acceptors (Lipinski definition) is 6. The van der Waals surface area contributed by atoms with Crippen LogP contribution in [0.15, 0.2) is 72.9 Å². The summed E-state index contributed by atoms with van der Waals surface area (Å²) in [5.41, 5.74) is 0. The second kappa shape index (κ2) is 60.4. The number of hydrogen-bond donors (Lipinski definition) is 0. The Morgan fingerprint density at radius 3 is 0.847 bits per heavy atom. The summed E-state index contributed by atoms with van der Waals surface area (Å²) in [5, 5.41) is 0. The molecule has 0 fully saturated rings. The van der Waals surface area contributed by atoms with Crippen LogP contribution in [-0.4, -0.2) is 37.2 Å². The quantitative estimate of drug-likeness (QED) is 0.0261. The van der Waals surface area contributed by atoms with E-state index in [0.717, 1.165) is 116 Å². The van der Waals surface area contributed by atoms with Crippen molar-refractivity contribution in [2.75, 3.05) is 13.2 Å². The van der Waals surface area contributed by atoms with Crippen LogP contribution in [0.4, 0.5) is 0 Å². The van der Waals surface area contributed by atoms with Crippen LogP contribution in [-0.2, 0) is 28.6 Å². The highest BCUT2D eigenvalue weighted by molar-refractivity contribution is 5.71. The molecule has 0 aliphatic carbocycles. The summed E-state index contributed by atoms with van der Waals surface area (Å²) in [5.74, 6) is -0.892. The Bertz CT molecular complexity index is 1340. The van der Waals surface area contributed by atoms with E-state index in [4.69, 9.17) is 14.2 Å². The predicted octanol–water partition coefficient (Wildman–Crippen LogP) is 20.9. The average Bonchev–Trinajstić information content (AvgIpc) is 3.38. The molecule has 0 saturated carbocycles. The van der Waals surface area contributed by atoms with Crippen LogP contribution in [0, 0.1) is 0 Å². The van der Waals surface area contributed by atoms with Crippen molar-refractivity contribution >= 4 is 17.9 Å². The highest BCUT2D eigenvalue weighted by Crippen LogP contribution is 2.16. The number of carbonyl (C=O) groups is 3. The average molecular weight is 1010 g/mol. The summed E-state index contributed by atoms with van der Waals surface area (Å²) in [4.78, 5) is 38.3. The lowest BCUT2D eigenvalue weighted by atomic mass is 10.0. The SMILES string of the molecule is CC/C=C\C/C=C\C/C=C\CCCCCCCC(=O)OCC(COC(=O)CCCCCCCCCC/C=C\C/C=C\C/C=C\CCCCCCC)OC(=O)CCCCCCCCCCCCCCCCCC. The third-order valence-electron chi connectivity index (χ3n) is 13.4. The predicted molar refractivity (Wildman–Crippen MR) is 311 cm³/mol. The van der Waals surface area contributed by atoms with E-state index in [9.17, 15) is 14.4 Å². The largest absolute Gasteiger partial charge is 0.462 e. The van der Waals surface area contributed by atoms with Gasteiger partial charge in [-0.25, -0.2) is 0 Å². The minimum absolute atomic E-state index is 0.0826. The van der Waals surface area contributed by atoms with Gasteiger partial charge in [-0.05, 0) is 89.9 Å². The van der Waals surface area contributed by atoms with Gasteiger partial charge in [-0.1, -0.05) is 273 Å². The fourth-order valence-corrected chi connectivity index (χ4v) is 8.82. The van der Waals surface area contributed by atoms with Gasteiger partial charge in [0.2, 0.25) is 0 Å². The van der Waals surface area contributed by atoms with Gasteiger partial charge >= 0.3 is 17.9 Å². The number of unbranched alkanes of at least 4 members (excludes halogenated alkanes) is 33. The molecule has 0 aromatic heterocycles. The molecule has 0 bridgehead atoms. The Hall–Kier alpha value is -3.15. The maximum Gasteiger partial charge on any atom is 0.306 e. The fourth-order valence-electron chi connectivity index (χ4n) is 8.82. The Morgan fingerprint density at radius 2 is 0.542 bits per heavy atom. The zero-order valence-corrected chi connectivity index (χ0v) is 47.7. The summed E-state index contributed by atoms with van der Waals surface area (Å²) >= 11 is 0. The normalized spacial score (nSPS) is 12.5. The molecule has 0 radical (unpaired) electrons. The van der Waals surface area contributed by atoms with Crippen LogP contribution in [0.2, 0.25) is 0 Å². The molecule has 0 aromatic rings. The summed E-state index contributed by atoms with van der Waals surface area (Å²) < 4.78 is 16.9. The molecule has 0 amide bonds. The molecule has 0 saturated heterocycles. The van der Waals surface area contributed by atoms with Crippen molar-refractivity contribution in [1.29, 1.82) is 0 Å². The van der Waals surface area contributed by atoms with Crippen molar-refractivity contribution in [3.8, 4) is 0 Å². The molecule has 0 aliphatic rings. The summed E-state index contributed by atoms with van der Waals surface area (Å²) in [6.45, 7) is 6.53. The number of allylic oxidation sites excluding steroid dienone is 12. The van der Waals surface area contributed by atoms with Crippen molar-refractivity contribution in [2.24, 2.45) is 0 Å². The maximum atomic E-state index is 12.9. The Labute approximate surface area is 446 Å². The fraction of sp³-hybridized carbons (Fsp3) is 0.773. The van der Waals surface area contributed by atoms with E-state index in [-0.39, 0.29) is 31.1 Å². The molecule has 0 aromatic carbocycles. The third-order valence-corrected chi connectivity index (χ3v) is 13.4. The molecule has 1 atom stereocenters. The van der Waals surface area contributed by atoms with E-state index in [1.54, 1.807) is 0 Å². The van der Waals surface area contributed by atoms with Crippen LogP contribution in [0.25, 0.3) is 0 Å². The highest BCUT2D eigenvalue weighted by Gasteiger charge is 2.19. The molecule has 0 heterocycles. The Kier molecular flexibility index (Phi) is 57.8. The van der Waals surface area contributed by atoms with Gasteiger partial charge in [0.05, 0.1) is 0 Å². The van der Waals surface area contributed by atoms with Gasteiger partial charge in [0.25, 0.3) is 0 Å².